The molecule has 4 atom stereocenters. The van der Waals surface area contributed by atoms with E-state index in [4.69, 9.17) is 9.39 Å². The van der Waals surface area contributed by atoms with Crippen molar-refractivity contribution in [3.05, 3.63) is 17.5 Å². The summed E-state index contributed by atoms with van der Waals surface area (Å²) in [5.41, 5.74) is 1.75. The Hall–Kier alpha value is -2.22. The highest BCUT2D eigenvalue weighted by Gasteiger charge is 2.54. The molecule has 3 aliphatic rings. The van der Waals surface area contributed by atoms with Crippen LogP contribution < -0.4 is 0 Å². The first-order chi connectivity index (χ1) is 12.2. The predicted octanol–water partition coefficient (Wildman–Crippen LogP) is -0.629. The SMILES string of the molecule is CC1C([C@@H]2c3c(cnn3C)[C@@H]3CN2C(=O)N3OS(=O)(=O)O)=NOC1CO. The minimum Gasteiger partial charge on any atom is -0.392 e. The Morgan fingerprint density at radius 2 is 2.19 bits per heavy atom. The van der Waals surface area contributed by atoms with E-state index < -0.39 is 34.6 Å². The Bertz CT molecular complexity index is 897. The van der Waals surface area contributed by atoms with Crippen LogP contribution >= 0.6 is 0 Å². The number of amides is 2. The van der Waals surface area contributed by atoms with E-state index in [0.717, 1.165) is 0 Å². The smallest absolute Gasteiger partial charge is 0.392 e. The van der Waals surface area contributed by atoms with Gasteiger partial charge in [-0.3, -0.25) is 9.23 Å². The molecule has 13 heteroatoms. The molecule has 1 aromatic rings. The first kappa shape index (κ1) is 17.2. The van der Waals surface area contributed by atoms with Gasteiger partial charge < -0.3 is 14.8 Å². The number of fused-ring (bicyclic) bond motifs is 4. The number of rotatable bonds is 4. The van der Waals surface area contributed by atoms with Gasteiger partial charge in [0.05, 0.1) is 30.8 Å². The van der Waals surface area contributed by atoms with Crippen LogP contribution in [0.3, 0.4) is 0 Å². The van der Waals surface area contributed by atoms with Crippen molar-refractivity contribution in [1.29, 1.82) is 0 Å². The lowest BCUT2D eigenvalue weighted by Crippen LogP contribution is -2.42. The molecular formula is C13H17N5O7S. The normalized spacial score (nSPS) is 30.5. The third kappa shape index (κ3) is 2.39. The first-order valence-electron chi connectivity index (χ1n) is 7.86. The maximum Gasteiger partial charge on any atom is 0.418 e. The zero-order valence-corrected chi connectivity index (χ0v) is 14.7. The van der Waals surface area contributed by atoms with Crippen LogP contribution in [0.25, 0.3) is 0 Å². The van der Waals surface area contributed by atoms with Crippen LogP contribution in [0.1, 0.15) is 30.3 Å². The molecule has 2 amide bonds. The van der Waals surface area contributed by atoms with E-state index >= 15 is 0 Å². The van der Waals surface area contributed by atoms with Crippen LogP contribution in [-0.2, 0) is 26.6 Å². The van der Waals surface area contributed by atoms with Gasteiger partial charge in [0.2, 0.25) is 0 Å². The van der Waals surface area contributed by atoms with E-state index in [1.54, 1.807) is 11.7 Å². The average Bonchev–Trinajstić information content (AvgIpc) is 3.20. The second kappa shape index (κ2) is 5.64. The molecule has 0 spiro atoms. The Balaban J connectivity index is 1.79. The highest BCUT2D eigenvalue weighted by molar-refractivity contribution is 7.80. The Kier molecular flexibility index (Phi) is 3.73. The molecule has 0 saturated carbocycles. The Morgan fingerprint density at radius 3 is 2.81 bits per heavy atom. The summed E-state index contributed by atoms with van der Waals surface area (Å²) in [4.78, 5) is 19.4. The molecule has 4 rings (SSSR count). The van der Waals surface area contributed by atoms with Crippen molar-refractivity contribution in [2.75, 3.05) is 13.2 Å². The fourth-order valence-corrected chi connectivity index (χ4v) is 4.08. The zero-order valence-electron chi connectivity index (χ0n) is 13.9. The van der Waals surface area contributed by atoms with Crippen molar-refractivity contribution in [3.8, 4) is 0 Å². The summed E-state index contributed by atoms with van der Waals surface area (Å²) >= 11 is 0. The van der Waals surface area contributed by atoms with Gasteiger partial charge in [0.1, 0.15) is 12.1 Å². The van der Waals surface area contributed by atoms with E-state index in [2.05, 4.69) is 14.5 Å². The maximum absolute atomic E-state index is 12.7. The van der Waals surface area contributed by atoms with Crippen LogP contribution in [0.2, 0.25) is 0 Å². The summed E-state index contributed by atoms with van der Waals surface area (Å²) in [6.07, 6.45) is 0.996. The number of nitrogens with zero attached hydrogens (tertiary/aromatic N) is 5. The number of hydrogen-bond acceptors (Lipinski definition) is 8. The van der Waals surface area contributed by atoms with E-state index in [1.165, 1.54) is 11.1 Å². The number of aliphatic hydroxyl groups excluding tert-OH is 1. The largest absolute Gasteiger partial charge is 0.418 e. The third-order valence-corrected chi connectivity index (χ3v) is 5.33. The molecule has 2 bridgehead atoms. The van der Waals surface area contributed by atoms with Crippen molar-refractivity contribution in [3.63, 3.8) is 0 Å². The number of urea groups is 1. The Labute approximate surface area is 148 Å². The Morgan fingerprint density at radius 1 is 1.46 bits per heavy atom. The highest BCUT2D eigenvalue weighted by atomic mass is 32.3. The van der Waals surface area contributed by atoms with E-state index in [1.807, 2.05) is 6.92 Å². The lowest BCUT2D eigenvalue weighted by Gasteiger charge is -2.32. The monoisotopic (exact) mass is 387 g/mol. The standard InChI is InChI=1S/C13H17N5O7S/c1-6-9(5-19)24-15-10(6)12-11-7(3-14-16(11)2)8-4-17(12)13(20)18(8)25-26(21,22)23/h3,6,8-9,12,19H,4-5H2,1-2H3,(H,21,22,23)/t6?,8-,9?,12+/m0/s1. The molecule has 12 nitrogen and oxygen atoms in total. The molecule has 1 fully saturated rings. The van der Waals surface area contributed by atoms with Gasteiger partial charge in [-0.25, -0.2) is 4.79 Å². The van der Waals surface area contributed by atoms with Gasteiger partial charge in [-0.1, -0.05) is 12.1 Å². The quantitative estimate of drug-likeness (QED) is 0.649. The molecule has 142 valence electrons. The number of aromatic nitrogens is 2. The number of hydrogen-bond donors (Lipinski definition) is 2. The van der Waals surface area contributed by atoms with Gasteiger partial charge in [-0.05, 0) is 0 Å². The number of carbonyl (C=O) groups excluding carboxylic acids is 1. The number of hydroxylamine groups is 2. The van der Waals surface area contributed by atoms with Gasteiger partial charge >= 0.3 is 16.4 Å². The molecular weight excluding hydrogens is 370 g/mol. The van der Waals surface area contributed by atoms with Crippen LogP contribution in [0.15, 0.2) is 11.4 Å². The molecule has 2 unspecified atom stereocenters. The van der Waals surface area contributed by atoms with Gasteiger partial charge in [-0.2, -0.15) is 18.6 Å². The van der Waals surface area contributed by atoms with Crippen molar-refractivity contribution < 1.29 is 32.0 Å². The topological polar surface area (TPSA) is 147 Å². The summed E-state index contributed by atoms with van der Waals surface area (Å²) in [6.45, 7) is 1.72. The minimum absolute atomic E-state index is 0.132. The summed E-state index contributed by atoms with van der Waals surface area (Å²) in [7, 11) is -3.18. The summed E-state index contributed by atoms with van der Waals surface area (Å²) in [6, 6.07) is -2.12. The molecule has 4 heterocycles. The summed E-state index contributed by atoms with van der Waals surface area (Å²) < 4.78 is 37.3. The first-order valence-corrected chi connectivity index (χ1v) is 9.22. The fourth-order valence-electron chi connectivity index (χ4n) is 3.71. The number of carbonyl (C=O) groups is 1. The molecule has 2 N–H and O–H groups in total. The van der Waals surface area contributed by atoms with Gasteiger partial charge in [0, 0.05) is 18.5 Å². The van der Waals surface area contributed by atoms with Crippen LogP contribution in [0, 0.1) is 5.92 Å². The summed E-state index contributed by atoms with van der Waals surface area (Å²) in [5.74, 6) is -0.270. The van der Waals surface area contributed by atoms with Crippen molar-refractivity contribution in [2.24, 2.45) is 18.1 Å². The lowest BCUT2D eigenvalue weighted by atomic mass is 9.87. The van der Waals surface area contributed by atoms with Crippen LogP contribution in [-0.4, -0.2) is 68.8 Å². The van der Waals surface area contributed by atoms with E-state index in [9.17, 15) is 18.3 Å². The van der Waals surface area contributed by atoms with E-state index in [0.29, 0.717) is 22.0 Å². The molecule has 0 radical (unpaired) electrons. The molecule has 26 heavy (non-hydrogen) atoms. The predicted molar refractivity (Wildman–Crippen MR) is 83.8 cm³/mol. The highest BCUT2D eigenvalue weighted by Crippen LogP contribution is 2.46. The number of aliphatic hydroxyl groups is 1. The van der Waals surface area contributed by atoms with Gasteiger partial charge in [0.15, 0.2) is 6.10 Å². The van der Waals surface area contributed by atoms with Crippen molar-refractivity contribution in [2.45, 2.75) is 25.1 Å². The van der Waals surface area contributed by atoms with Gasteiger partial charge in [-0.15, -0.1) is 4.28 Å². The second-order valence-corrected chi connectivity index (χ2v) is 7.43. The maximum atomic E-state index is 12.7. The molecule has 0 aromatic carbocycles. The summed E-state index contributed by atoms with van der Waals surface area (Å²) in [5, 5.41) is 18.3. The average molecular weight is 387 g/mol. The zero-order chi connectivity index (χ0) is 18.8. The fraction of sp³-hybridized carbons (Fsp3) is 0.615. The number of aryl methyl sites for hydroxylation is 1. The molecule has 1 aromatic heterocycles. The second-order valence-electron chi connectivity index (χ2n) is 6.42. The van der Waals surface area contributed by atoms with Crippen LogP contribution in [0.5, 0.6) is 0 Å². The van der Waals surface area contributed by atoms with Crippen molar-refractivity contribution >= 4 is 22.1 Å². The lowest BCUT2D eigenvalue weighted by molar-refractivity contribution is -0.0316. The van der Waals surface area contributed by atoms with E-state index in [-0.39, 0.29) is 19.1 Å². The molecule has 1 saturated heterocycles. The van der Waals surface area contributed by atoms with Crippen LogP contribution in [0.4, 0.5) is 4.79 Å². The number of oxime groups is 1. The third-order valence-electron chi connectivity index (χ3n) is 4.98. The molecule has 0 aliphatic carbocycles. The minimum atomic E-state index is -4.87. The molecule has 3 aliphatic heterocycles. The van der Waals surface area contributed by atoms with Gasteiger partial charge in [0.25, 0.3) is 0 Å². The van der Waals surface area contributed by atoms with Crippen molar-refractivity contribution in [1.82, 2.24) is 19.7 Å².